The van der Waals surface area contributed by atoms with Crippen LogP contribution in [0, 0.1) is 0 Å². The van der Waals surface area contributed by atoms with E-state index in [4.69, 9.17) is 5.11 Å². The highest BCUT2D eigenvalue weighted by Gasteiger charge is 2.22. The summed E-state index contributed by atoms with van der Waals surface area (Å²) < 4.78 is 1.40. The number of carbonyl (C=O) groups excluding carboxylic acids is 1. The van der Waals surface area contributed by atoms with Gasteiger partial charge in [-0.25, -0.2) is 9.48 Å². The highest BCUT2D eigenvalue weighted by atomic mass is 16.4. The lowest BCUT2D eigenvalue weighted by atomic mass is 10.1. The third kappa shape index (κ3) is 2.98. The van der Waals surface area contributed by atoms with E-state index < -0.39 is 5.97 Å². The number of carboxylic acid groups (broad SMARTS) is 1. The topological polar surface area (TPSA) is 97.1 Å². The van der Waals surface area contributed by atoms with Gasteiger partial charge in [0.05, 0.1) is 12.7 Å². The number of allylic oxidation sites excluding steroid dienone is 1. The maximum absolute atomic E-state index is 12.3. The molecule has 3 rings (SSSR count). The minimum atomic E-state index is -1.12. The molecule has 1 amide bonds. The van der Waals surface area contributed by atoms with Crippen molar-refractivity contribution in [2.75, 3.05) is 6.54 Å². The summed E-state index contributed by atoms with van der Waals surface area (Å²) in [7, 11) is 0. The summed E-state index contributed by atoms with van der Waals surface area (Å²) in [5.74, 6) is -1.22. The Morgan fingerprint density at radius 2 is 2.13 bits per heavy atom. The summed E-state index contributed by atoms with van der Waals surface area (Å²) in [6.45, 7) is 2.68. The lowest BCUT2D eigenvalue weighted by Crippen LogP contribution is -2.29. The molecule has 1 aromatic heterocycles. The molecule has 1 aliphatic carbocycles. The van der Waals surface area contributed by atoms with Crippen LogP contribution >= 0.6 is 0 Å². The van der Waals surface area contributed by atoms with Crippen molar-refractivity contribution in [2.24, 2.45) is 0 Å². The summed E-state index contributed by atoms with van der Waals surface area (Å²) in [5, 5.41) is 18.8. The molecular weight excluding hydrogens is 296 g/mol. The second-order valence-corrected chi connectivity index (χ2v) is 5.37. The molecule has 0 atom stereocenters. The number of nitrogens with zero attached hydrogens (tertiary/aromatic N) is 3. The van der Waals surface area contributed by atoms with E-state index in [1.807, 2.05) is 31.2 Å². The molecule has 23 heavy (non-hydrogen) atoms. The number of hydrogen-bond donors (Lipinski definition) is 2. The molecule has 1 aliphatic rings. The van der Waals surface area contributed by atoms with Crippen molar-refractivity contribution in [1.82, 2.24) is 20.3 Å². The van der Waals surface area contributed by atoms with Gasteiger partial charge in [-0.1, -0.05) is 29.5 Å². The van der Waals surface area contributed by atoms with E-state index in [-0.39, 0.29) is 11.6 Å². The van der Waals surface area contributed by atoms with Crippen LogP contribution in [0.2, 0.25) is 0 Å². The van der Waals surface area contributed by atoms with E-state index in [0.717, 1.165) is 22.3 Å². The maximum atomic E-state index is 12.3. The van der Waals surface area contributed by atoms with Crippen molar-refractivity contribution in [1.29, 1.82) is 0 Å². The second-order valence-electron chi connectivity index (χ2n) is 5.37. The highest BCUT2D eigenvalue weighted by molar-refractivity contribution is 6.03. The van der Waals surface area contributed by atoms with Crippen molar-refractivity contribution in [3.63, 3.8) is 0 Å². The summed E-state index contributed by atoms with van der Waals surface area (Å²) in [6.07, 6.45) is 1.98. The van der Waals surface area contributed by atoms with Gasteiger partial charge < -0.3 is 10.4 Å². The molecule has 118 valence electrons. The van der Waals surface area contributed by atoms with Gasteiger partial charge in [-0.3, -0.25) is 4.79 Å². The average Bonchev–Trinajstić information content (AvgIpc) is 3.13. The fourth-order valence-electron chi connectivity index (χ4n) is 2.67. The molecule has 0 saturated heterocycles. The number of benzene rings is 1. The Balaban J connectivity index is 1.58. The number of carboxylic acids is 1. The van der Waals surface area contributed by atoms with Crippen LogP contribution in [0.1, 0.15) is 28.5 Å². The Morgan fingerprint density at radius 3 is 2.83 bits per heavy atom. The van der Waals surface area contributed by atoms with Gasteiger partial charge in [0.25, 0.3) is 0 Å². The zero-order valence-corrected chi connectivity index (χ0v) is 12.6. The van der Waals surface area contributed by atoms with Crippen LogP contribution in [0.3, 0.4) is 0 Å². The third-order valence-electron chi connectivity index (χ3n) is 3.90. The van der Waals surface area contributed by atoms with E-state index in [1.165, 1.54) is 10.9 Å². The molecule has 0 radical (unpaired) electrons. The molecule has 0 saturated carbocycles. The number of hydrogen-bond acceptors (Lipinski definition) is 4. The van der Waals surface area contributed by atoms with Gasteiger partial charge in [-0.2, -0.15) is 0 Å². The smallest absolute Gasteiger partial charge is 0.358 e. The lowest BCUT2D eigenvalue weighted by molar-refractivity contribution is -0.117. The molecule has 0 fully saturated rings. The first-order chi connectivity index (χ1) is 11.1. The normalized spacial score (nSPS) is 13.1. The number of nitrogens with one attached hydrogen (secondary N) is 1. The summed E-state index contributed by atoms with van der Waals surface area (Å²) in [4.78, 5) is 23.0. The number of carbonyl (C=O) groups is 2. The third-order valence-corrected chi connectivity index (χ3v) is 3.90. The van der Waals surface area contributed by atoms with E-state index in [2.05, 4.69) is 15.6 Å². The summed E-state index contributed by atoms with van der Waals surface area (Å²) in [5.41, 5.74) is 3.96. The Labute approximate surface area is 132 Å². The number of aromatic carboxylic acids is 1. The Bertz CT molecular complexity index is 807. The van der Waals surface area contributed by atoms with Crippen molar-refractivity contribution in [3.8, 4) is 0 Å². The largest absolute Gasteiger partial charge is 0.476 e. The van der Waals surface area contributed by atoms with Gasteiger partial charge in [0, 0.05) is 18.5 Å². The summed E-state index contributed by atoms with van der Waals surface area (Å²) in [6, 6.07) is 7.99. The van der Waals surface area contributed by atoms with Crippen molar-refractivity contribution in [2.45, 2.75) is 19.9 Å². The number of rotatable bonds is 5. The molecule has 1 heterocycles. The molecule has 0 spiro atoms. The fraction of sp³-hybridized carbons (Fsp3) is 0.250. The van der Waals surface area contributed by atoms with Crippen LogP contribution in [0.25, 0.3) is 5.57 Å². The number of fused-ring (bicyclic) bond motifs is 1. The lowest BCUT2D eigenvalue weighted by Gasteiger charge is -2.06. The van der Waals surface area contributed by atoms with E-state index in [1.54, 1.807) is 0 Å². The summed E-state index contributed by atoms with van der Waals surface area (Å²) >= 11 is 0. The second kappa shape index (κ2) is 6.04. The highest BCUT2D eigenvalue weighted by Crippen LogP contribution is 2.32. The van der Waals surface area contributed by atoms with Gasteiger partial charge in [-0.15, -0.1) is 5.10 Å². The van der Waals surface area contributed by atoms with Gasteiger partial charge in [0.2, 0.25) is 5.91 Å². The van der Waals surface area contributed by atoms with Crippen molar-refractivity contribution >= 4 is 17.4 Å². The van der Waals surface area contributed by atoms with Crippen LogP contribution in [0.15, 0.2) is 36.0 Å². The monoisotopic (exact) mass is 312 g/mol. The SMILES string of the molecule is CC1=C(C(=O)NCCn2cc(C(=O)O)nn2)Cc2ccccc21. The molecule has 0 bridgehead atoms. The standard InChI is InChI=1S/C16H16N4O3/c1-10-12-5-3-2-4-11(12)8-13(10)15(21)17-6-7-20-9-14(16(22)23)18-19-20/h2-5,9H,6-8H2,1H3,(H,17,21)(H,22,23). The molecule has 7 heteroatoms. The van der Waals surface area contributed by atoms with Crippen LogP contribution in [0.5, 0.6) is 0 Å². The van der Waals surface area contributed by atoms with Gasteiger partial charge in [-0.05, 0) is 23.6 Å². The predicted octanol–water partition coefficient (Wildman–Crippen LogP) is 1.12. The van der Waals surface area contributed by atoms with Gasteiger partial charge in [0.15, 0.2) is 5.69 Å². The van der Waals surface area contributed by atoms with Crippen molar-refractivity contribution in [3.05, 3.63) is 52.9 Å². The van der Waals surface area contributed by atoms with Gasteiger partial charge >= 0.3 is 5.97 Å². The molecule has 2 N–H and O–H groups in total. The van der Waals surface area contributed by atoms with Crippen LogP contribution < -0.4 is 5.32 Å². The first-order valence-corrected chi connectivity index (χ1v) is 7.26. The molecule has 1 aromatic carbocycles. The van der Waals surface area contributed by atoms with E-state index in [9.17, 15) is 9.59 Å². The average molecular weight is 312 g/mol. The maximum Gasteiger partial charge on any atom is 0.358 e. The number of aromatic nitrogens is 3. The quantitative estimate of drug-likeness (QED) is 0.862. The molecular formula is C16H16N4O3. The van der Waals surface area contributed by atoms with E-state index in [0.29, 0.717) is 19.5 Å². The minimum Gasteiger partial charge on any atom is -0.476 e. The molecule has 0 aliphatic heterocycles. The fourth-order valence-corrected chi connectivity index (χ4v) is 2.67. The van der Waals surface area contributed by atoms with Crippen LogP contribution in [-0.2, 0) is 17.8 Å². The molecule has 7 nitrogen and oxygen atoms in total. The Kier molecular flexibility index (Phi) is 3.92. The minimum absolute atomic E-state index is 0.0997. The predicted molar refractivity (Wildman–Crippen MR) is 82.7 cm³/mol. The first-order valence-electron chi connectivity index (χ1n) is 7.26. The first kappa shape index (κ1) is 15.0. The van der Waals surface area contributed by atoms with Crippen molar-refractivity contribution < 1.29 is 14.7 Å². The Hall–Kier alpha value is -2.96. The Morgan fingerprint density at radius 1 is 1.35 bits per heavy atom. The van der Waals surface area contributed by atoms with Crippen LogP contribution in [-0.4, -0.2) is 38.5 Å². The van der Waals surface area contributed by atoms with E-state index >= 15 is 0 Å². The number of amides is 1. The zero-order valence-electron chi connectivity index (χ0n) is 12.6. The molecule has 2 aromatic rings. The van der Waals surface area contributed by atoms with Gasteiger partial charge in [0.1, 0.15) is 0 Å². The zero-order chi connectivity index (χ0) is 16.4. The van der Waals surface area contributed by atoms with Crippen LogP contribution in [0.4, 0.5) is 0 Å². The molecule has 0 unspecified atom stereocenters.